The van der Waals surface area contributed by atoms with E-state index in [2.05, 4.69) is 25.4 Å². The minimum Gasteiger partial charge on any atom is -0.476 e. The van der Waals surface area contributed by atoms with Gasteiger partial charge in [-0.2, -0.15) is 4.98 Å². The largest absolute Gasteiger partial charge is 0.476 e. The van der Waals surface area contributed by atoms with Gasteiger partial charge in [-0.1, -0.05) is 30.3 Å². The zero-order valence-corrected chi connectivity index (χ0v) is 11.3. The molecule has 3 aromatic rings. The Bertz CT molecular complexity index is 819. The first-order valence-corrected chi connectivity index (χ1v) is 6.10. The standard InChI is InChI=1S/C12H9N7O3/c1-22-12-9(19(20)21)11(13-7-14-12)18-16-10(15-17-18)8-5-3-2-4-6-8/h2-7H,1H3. The SMILES string of the molecule is COc1ncnc(-n2nnc(-c3ccccc3)n2)c1[N+](=O)[O-]. The van der Waals surface area contributed by atoms with Gasteiger partial charge in [-0.25, -0.2) is 4.98 Å². The molecule has 0 bridgehead atoms. The minimum atomic E-state index is -0.653. The van der Waals surface area contributed by atoms with Gasteiger partial charge in [-0.05, 0) is 5.21 Å². The van der Waals surface area contributed by atoms with Crippen molar-refractivity contribution in [3.8, 4) is 23.1 Å². The number of hydrogen-bond acceptors (Lipinski definition) is 8. The summed E-state index contributed by atoms with van der Waals surface area (Å²) in [7, 11) is 1.28. The van der Waals surface area contributed by atoms with Crippen LogP contribution in [0.2, 0.25) is 0 Å². The molecular weight excluding hydrogens is 290 g/mol. The number of nitrogens with zero attached hydrogens (tertiary/aromatic N) is 7. The van der Waals surface area contributed by atoms with Gasteiger partial charge in [0.25, 0.3) is 11.7 Å². The maximum atomic E-state index is 11.2. The summed E-state index contributed by atoms with van der Waals surface area (Å²) in [6.07, 6.45) is 1.13. The molecule has 0 atom stereocenters. The summed E-state index contributed by atoms with van der Waals surface area (Å²) in [4.78, 5) is 19.1. The molecule has 1 aromatic carbocycles. The molecule has 0 aliphatic rings. The van der Waals surface area contributed by atoms with E-state index >= 15 is 0 Å². The first kappa shape index (κ1) is 13.5. The summed E-state index contributed by atoms with van der Waals surface area (Å²) >= 11 is 0. The van der Waals surface area contributed by atoms with E-state index in [0.717, 1.165) is 16.7 Å². The Labute approximate surface area is 123 Å². The number of methoxy groups -OCH3 is 1. The Kier molecular flexibility index (Phi) is 3.40. The van der Waals surface area contributed by atoms with Gasteiger partial charge < -0.3 is 4.74 Å². The van der Waals surface area contributed by atoms with Crippen molar-refractivity contribution in [2.75, 3.05) is 7.11 Å². The molecule has 0 saturated carbocycles. The molecule has 3 rings (SSSR count). The number of aromatic nitrogens is 6. The second-order valence-electron chi connectivity index (χ2n) is 4.08. The first-order valence-electron chi connectivity index (χ1n) is 6.10. The van der Waals surface area contributed by atoms with Crippen molar-refractivity contribution in [1.82, 2.24) is 30.2 Å². The van der Waals surface area contributed by atoms with Crippen LogP contribution < -0.4 is 4.74 Å². The van der Waals surface area contributed by atoms with Crippen LogP contribution in [0.4, 0.5) is 5.69 Å². The Morgan fingerprint density at radius 3 is 2.68 bits per heavy atom. The van der Waals surface area contributed by atoms with Crippen molar-refractivity contribution in [2.24, 2.45) is 0 Å². The first-order chi connectivity index (χ1) is 10.7. The van der Waals surface area contributed by atoms with Crippen LogP contribution in [-0.4, -0.2) is 42.2 Å². The van der Waals surface area contributed by atoms with Crippen LogP contribution in [-0.2, 0) is 0 Å². The Hall–Kier alpha value is -3.43. The van der Waals surface area contributed by atoms with E-state index in [9.17, 15) is 10.1 Å². The molecule has 2 heterocycles. The molecule has 0 spiro atoms. The molecule has 0 radical (unpaired) electrons. The zero-order valence-electron chi connectivity index (χ0n) is 11.3. The fourth-order valence-electron chi connectivity index (χ4n) is 1.82. The molecule has 0 fully saturated rings. The quantitative estimate of drug-likeness (QED) is 0.517. The number of hydrogen-bond donors (Lipinski definition) is 0. The van der Waals surface area contributed by atoms with Gasteiger partial charge in [-0.15, -0.1) is 15.0 Å². The fourth-order valence-corrected chi connectivity index (χ4v) is 1.82. The van der Waals surface area contributed by atoms with Gasteiger partial charge in [0.05, 0.1) is 12.0 Å². The highest BCUT2D eigenvalue weighted by Gasteiger charge is 2.27. The van der Waals surface area contributed by atoms with Gasteiger partial charge in [0.1, 0.15) is 6.33 Å². The summed E-state index contributed by atoms with van der Waals surface area (Å²) in [6, 6.07) is 9.11. The summed E-state index contributed by atoms with van der Waals surface area (Å²) in [5.41, 5.74) is 0.305. The molecule has 2 aromatic heterocycles. The monoisotopic (exact) mass is 299 g/mol. The molecule has 0 unspecified atom stereocenters. The van der Waals surface area contributed by atoms with Crippen LogP contribution in [0.3, 0.4) is 0 Å². The van der Waals surface area contributed by atoms with Crippen LogP contribution in [0.1, 0.15) is 0 Å². The predicted molar refractivity (Wildman–Crippen MR) is 73.4 cm³/mol. The van der Waals surface area contributed by atoms with E-state index in [4.69, 9.17) is 4.74 Å². The highest BCUT2D eigenvalue weighted by atomic mass is 16.6. The third-order valence-electron chi connectivity index (χ3n) is 2.78. The van der Waals surface area contributed by atoms with Crippen LogP contribution in [0.25, 0.3) is 17.2 Å². The summed E-state index contributed by atoms with van der Waals surface area (Å²) < 4.78 is 4.88. The lowest BCUT2D eigenvalue weighted by molar-refractivity contribution is -0.386. The van der Waals surface area contributed by atoms with Crippen molar-refractivity contribution in [1.29, 1.82) is 0 Å². The smallest absolute Gasteiger partial charge is 0.377 e. The lowest BCUT2D eigenvalue weighted by Gasteiger charge is -2.02. The molecule has 110 valence electrons. The minimum absolute atomic E-state index is 0.119. The van der Waals surface area contributed by atoms with Crippen molar-refractivity contribution in [3.63, 3.8) is 0 Å². The van der Waals surface area contributed by atoms with Crippen molar-refractivity contribution in [3.05, 3.63) is 46.8 Å². The Morgan fingerprint density at radius 1 is 1.23 bits per heavy atom. The fraction of sp³-hybridized carbons (Fsp3) is 0.0833. The number of nitro groups is 1. The van der Waals surface area contributed by atoms with Crippen molar-refractivity contribution in [2.45, 2.75) is 0 Å². The molecule has 10 heteroatoms. The molecule has 0 amide bonds. The highest BCUT2D eigenvalue weighted by molar-refractivity contribution is 5.55. The van der Waals surface area contributed by atoms with E-state index in [0.29, 0.717) is 5.82 Å². The molecule has 0 saturated heterocycles. The topological polar surface area (TPSA) is 122 Å². The highest BCUT2D eigenvalue weighted by Crippen LogP contribution is 2.28. The molecule has 0 aliphatic carbocycles. The zero-order chi connectivity index (χ0) is 15.5. The van der Waals surface area contributed by atoms with Crippen LogP contribution >= 0.6 is 0 Å². The van der Waals surface area contributed by atoms with E-state index < -0.39 is 10.6 Å². The molecular formula is C12H9N7O3. The van der Waals surface area contributed by atoms with Crippen LogP contribution in [0, 0.1) is 10.1 Å². The molecule has 0 N–H and O–H groups in total. The normalized spacial score (nSPS) is 10.4. The van der Waals surface area contributed by atoms with Crippen LogP contribution in [0.5, 0.6) is 5.88 Å². The number of benzene rings is 1. The Morgan fingerprint density at radius 2 is 2.00 bits per heavy atom. The summed E-state index contributed by atoms with van der Waals surface area (Å²) in [5, 5.41) is 23.0. The van der Waals surface area contributed by atoms with E-state index in [-0.39, 0.29) is 11.7 Å². The molecule has 22 heavy (non-hydrogen) atoms. The van der Waals surface area contributed by atoms with Gasteiger partial charge in [-0.3, -0.25) is 10.1 Å². The average Bonchev–Trinajstić information content (AvgIpc) is 3.04. The van der Waals surface area contributed by atoms with Crippen LogP contribution in [0.15, 0.2) is 36.7 Å². The van der Waals surface area contributed by atoms with Crippen molar-refractivity contribution < 1.29 is 9.66 Å². The third kappa shape index (κ3) is 2.32. The van der Waals surface area contributed by atoms with E-state index in [1.807, 2.05) is 18.2 Å². The average molecular weight is 299 g/mol. The van der Waals surface area contributed by atoms with Gasteiger partial charge in [0.15, 0.2) is 0 Å². The van der Waals surface area contributed by atoms with Crippen molar-refractivity contribution >= 4 is 5.69 Å². The summed E-state index contributed by atoms with van der Waals surface area (Å²) in [6.45, 7) is 0. The maximum absolute atomic E-state index is 11.2. The lowest BCUT2D eigenvalue weighted by atomic mass is 10.2. The maximum Gasteiger partial charge on any atom is 0.377 e. The van der Waals surface area contributed by atoms with Gasteiger partial charge >= 0.3 is 5.69 Å². The van der Waals surface area contributed by atoms with E-state index in [1.165, 1.54) is 7.11 Å². The summed E-state index contributed by atoms with van der Waals surface area (Å²) in [5.74, 6) is 0.0348. The third-order valence-corrected chi connectivity index (χ3v) is 2.78. The molecule has 10 nitrogen and oxygen atoms in total. The van der Waals surface area contributed by atoms with Gasteiger partial charge in [0.2, 0.25) is 5.82 Å². The number of ether oxygens (including phenoxy) is 1. The predicted octanol–water partition coefficient (Wildman–Crippen LogP) is 1.04. The second kappa shape index (κ2) is 5.52. The van der Waals surface area contributed by atoms with Gasteiger partial charge in [0, 0.05) is 5.56 Å². The number of rotatable bonds is 4. The molecule has 0 aliphatic heterocycles. The second-order valence-corrected chi connectivity index (χ2v) is 4.08. The lowest BCUT2D eigenvalue weighted by Crippen LogP contribution is -2.08. The number of tetrazole rings is 1. The Balaban J connectivity index is 2.10. The van der Waals surface area contributed by atoms with E-state index in [1.54, 1.807) is 12.1 Å².